The van der Waals surface area contributed by atoms with Gasteiger partial charge >= 0.3 is 0 Å². The largest absolute Gasteiger partial charge is 0.301 e. The van der Waals surface area contributed by atoms with Crippen LogP contribution >= 0.6 is 0 Å². The molecule has 0 N–H and O–H groups in total. The van der Waals surface area contributed by atoms with Crippen molar-refractivity contribution in [3.05, 3.63) is 12.7 Å². The van der Waals surface area contributed by atoms with Crippen molar-refractivity contribution in [3.8, 4) is 6.07 Å². The summed E-state index contributed by atoms with van der Waals surface area (Å²) in [5.41, 5.74) is 0. The Balaban J connectivity index is 2.63. The van der Waals surface area contributed by atoms with Gasteiger partial charge in [-0.3, -0.25) is 4.90 Å². The Hall–Kier alpha value is -0.850. The van der Waals surface area contributed by atoms with E-state index in [1.165, 1.54) is 0 Å². The van der Waals surface area contributed by atoms with E-state index in [4.69, 9.17) is 5.26 Å². The summed E-state index contributed by atoms with van der Waals surface area (Å²) >= 11 is 0. The van der Waals surface area contributed by atoms with E-state index >= 15 is 0 Å². The van der Waals surface area contributed by atoms with Gasteiger partial charge in [0.25, 0.3) is 0 Å². The molecule has 0 aromatic carbocycles. The topological polar surface area (TPSA) is 30.3 Å². The minimum Gasteiger partial charge on any atom is -0.301 e. The van der Waals surface area contributed by atoms with E-state index in [0.717, 1.165) is 26.2 Å². The van der Waals surface area contributed by atoms with Crippen LogP contribution in [0.15, 0.2) is 12.7 Å². The SMILES string of the molecule is C=CCN1CC(C)CN(C)C(CC#N)C1. The highest BCUT2D eigenvalue weighted by Crippen LogP contribution is 2.14. The number of hydrogen-bond acceptors (Lipinski definition) is 3. The maximum absolute atomic E-state index is 8.79. The molecule has 15 heavy (non-hydrogen) atoms. The van der Waals surface area contributed by atoms with E-state index in [2.05, 4.69) is 36.4 Å². The first-order chi connectivity index (χ1) is 7.17. The first kappa shape index (κ1) is 12.2. The van der Waals surface area contributed by atoms with Gasteiger partial charge in [0.15, 0.2) is 0 Å². The fraction of sp³-hybridized carbons (Fsp3) is 0.750. The van der Waals surface area contributed by atoms with E-state index in [9.17, 15) is 0 Å². The van der Waals surface area contributed by atoms with Gasteiger partial charge in [-0.05, 0) is 13.0 Å². The zero-order valence-corrected chi connectivity index (χ0v) is 9.82. The molecule has 0 amide bonds. The van der Waals surface area contributed by atoms with Crippen molar-refractivity contribution >= 4 is 0 Å². The molecular formula is C12H21N3. The van der Waals surface area contributed by atoms with Gasteiger partial charge in [-0.1, -0.05) is 13.0 Å². The third kappa shape index (κ3) is 3.65. The summed E-state index contributed by atoms with van der Waals surface area (Å²) in [5, 5.41) is 8.79. The Labute approximate surface area is 93.0 Å². The van der Waals surface area contributed by atoms with Crippen molar-refractivity contribution in [2.45, 2.75) is 19.4 Å². The molecule has 1 aliphatic rings. The first-order valence-electron chi connectivity index (χ1n) is 5.57. The van der Waals surface area contributed by atoms with Crippen LogP contribution in [0.5, 0.6) is 0 Å². The highest BCUT2D eigenvalue weighted by atomic mass is 15.2. The van der Waals surface area contributed by atoms with Crippen LogP contribution in [0.2, 0.25) is 0 Å². The standard InChI is InChI=1S/C12H21N3/c1-4-7-15-9-11(2)8-14(3)12(10-15)5-6-13/h4,11-12H,1,5,7-10H2,2-3H3. The average molecular weight is 207 g/mol. The van der Waals surface area contributed by atoms with Gasteiger partial charge in [0.05, 0.1) is 12.5 Å². The number of likely N-dealkylation sites (N-methyl/N-ethyl adjacent to an activating group) is 1. The smallest absolute Gasteiger partial charge is 0.0638 e. The summed E-state index contributed by atoms with van der Waals surface area (Å²) in [5.74, 6) is 0.665. The lowest BCUT2D eigenvalue weighted by atomic mass is 10.1. The molecule has 0 aromatic rings. The summed E-state index contributed by atoms with van der Waals surface area (Å²) in [6.45, 7) is 10.2. The zero-order chi connectivity index (χ0) is 11.3. The molecule has 1 aliphatic heterocycles. The maximum atomic E-state index is 8.79. The van der Waals surface area contributed by atoms with Crippen molar-refractivity contribution in [2.75, 3.05) is 33.2 Å². The summed E-state index contributed by atoms with van der Waals surface area (Å²) in [6.07, 6.45) is 2.57. The van der Waals surface area contributed by atoms with E-state index in [0.29, 0.717) is 18.4 Å². The molecule has 1 fully saturated rings. The molecule has 1 saturated heterocycles. The molecule has 84 valence electrons. The minimum atomic E-state index is 0.375. The average Bonchev–Trinajstić information content (AvgIpc) is 2.28. The normalized spacial score (nSPS) is 29.4. The van der Waals surface area contributed by atoms with Crippen LogP contribution in [0.1, 0.15) is 13.3 Å². The number of rotatable bonds is 3. The van der Waals surface area contributed by atoms with Crippen LogP contribution in [0.3, 0.4) is 0 Å². The Morgan fingerprint density at radius 3 is 2.80 bits per heavy atom. The van der Waals surface area contributed by atoms with E-state index in [1.807, 2.05) is 6.08 Å². The lowest BCUT2D eigenvalue weighted by Crippen LogP contribution is -2.38. The Morgan fingerprint density at radius 1 is 1.47 bits per heavy atom. The van der Waals surface area contributed by atoms with E-state index in [1.54, 1.807) is 0 Å². The van der Waals surface area contributed by atoms with Crippen LogP contribution < -0.4 is 0 Å². The summed E-state index contributed by atoms with van der Waals surface area (Å²) in [6, 6.07) is 2.65. The number of nitrogens with zero attached hydrogens (tertiary/aromatic N) is 3. The minimum absolute atomic E-state index is 0.375. The van der Waals surface area contributed by atoms with Crippen molar-refractivity contribution in [1.29, 1.82) is 5.26 Å². The van der Waals surface area contributed by atoms with Gasteiger partial charge in [0.2, 0.25) is 0 Å². The lowest BCUT2D eigenvalue weighted by molar-refractivity contribution is 0.218. The quantitative estimate of drug-likeness (QED) is 0.654. The number of nitriles is 1. The van der Waals surface area contributed by atoms with Crippen molar-refractivity contribution < 1.29 is 0 Å². The fourth-order valence-corrected chi connectivity index (χ4v) is 2.31. The number of hydrogen-bond donors (Lipinski definition) is 0. The van der Waals surface area contributed by atoms with Crippen molar-refractivity contribution in [3.63, 3.8) is 0 Å². The summed E-state index contributed by atoms with van der Waals surface area (Å²) in [7, 11) is 2.12. The molecule has 1 rings (SSSR count). The van der Waals surface area contributed by atoms with E-state index < -0.39 is 0 Å². The molecule has 3 heteroatoms. The molecule has 0 spiro atoms. The molecule has 2 unspecified atom stereocenters. The highest BCUT2D eigenvalue weighted by molar-refractivity contribution is 4.89. The van der Waals surface area contributed by atoms with Gasteiger partial charge in [0.1, 0.15) is 0 Å². The highest BCUT2D eigenvalue weighted by Gasteiger charge is 2.24. The van der Waals surface area contributed by atoms with Crippen molar-refractivity contribution in [2.24, 2.45) is 5.92 Å². The second-order valence-electron chi connectivity index (χ2n) is 4.57. The fourth-order valence-electron chi connectivity index (χ4n) is 2.31. The van der Waals surface area contributed by atoms with Gasteiger partial charge in [-0.25, -0.2) is 0 Å². The Bertz CT molecular complexity index is 244. The Morgan fingerprint density at radius 2 is 2.20 bits per heavy atom. The predicted molar refractivity (Wildman–Crippen MR) is 62.4 cm³/mol. The molecule has 3 nitrogen and oxygen atoms in total. The molecule has 0 bridgehead atoms. The van der Waals surface area contributed by atoms with Crippen LogP contribution in [0.4, 0.5) is 0 Å². The maximum Gasteiger partial charge on any atom is 0.0638 e. The molecule has 1 heterocycles. The molecular weight excluding hydrogens is 186 g/mol. The van der Waals surface area contributed by atoms with Gasteiger partial charge in [-0.2, -0.15) is 5.26 Å². The van der Waals surface area contributed by atoms with Crippen LogP contribution in [-0.4, -0.2) is 49.1 Å². The second-order valence-corrected chi connectivity index (χ2v) is 4.57. The van der Waals surface area contributed by atoms with Gasteiger partial charge in [0, 0.05) is 32.2 Å². The van der Waals surface area contributed by atoms with Crippen molar-refractivity contribution in [1.82, 2.24) is 9.80 Å². The van der Waals surface area contributed by atoms with Crippen LogP contribution in [0, 0.1) is 17.2 Å². The van der Waals surface area contributed by atoms with Gasteiger partial charge in [-0.15, -0.1) is 6.58 Å². The molecule has 0 aromatic heterocycles. The summed E-state index contributed by atoms with van der Waals surface area (Å²) in [4.78, 5) is 4.71. The lowest BCUT2D eigenvalue weighted by Gasteiger charge is -2.26. The molecule has 2 atom stereocenters. The Kier molecular flexibility index (Phi) is 4.80. The predicted octanol–water partition coefficient (Wildman–Crippen LogP) is 1.34. The molecule has 0 aliphatic carbocycles. The first-order valence-corrected chi connectivity index (χ1v) is 5.57. The molecule has 0 saturated carbocycles. The van der Waals surface area contributed by atoms with Gasteiger partial charge < -0.3 is 4.90 Å². The monoisotopic (exact) mass is 207 g/mol. The van der Waals surface area contributed by atoms with Crippen LogP contribution in [0.25, 0.3) is 0 Å². The zero-order valence-electron chi connectivity index (χ0n) is 9.82. The third-order valence-corrected chi connectivity index (χ3v) is 2.98. The molecule has 0 radical (unpaired) electrons. The third-order valence-electron chi connectivity index (χ3n) is 2.98. The second kappa shape index (κ2) is 5.89. The summed E-state index contributed by atoms with van der Waals surface area (Å²) < 4.78 is 0. The van der Waals surface area contributed by atoms with Crippen LogP contribution in [-0.2, 0) is 0 Å². The van der Waals surface area contributed by atoms with E-state index in [-0.39, 0.29) is 0 Å².